The topological polar surface area (TPSA) is 36.1 Å². The van der Waals surface area contributed by atoms with Gasteiger partial charge in [0.15, 0.2) is 0 Å². The van der Waals surface area contributed by atoms with Crippen LogP contribution in [0.3, 0.4) is 0 Å². The number of hydrogen-bond donors (Lipinski definition) is 1. The molecule has 0 aliphatic heterocycles. The van der Waals surface area contributed by atoms with Crippen LogP contribution in [0, 0.1) is 5.92 Å². The molecule has 2 rings (SSSR count). The number of H-pyrrole nitrogens is 1. The third-order valence-corrected chi connectivity index (χ3v) is 3.44. The van der Waals surface area contributed by atoms with Crippen molar-refractivity contribution in [3.8, 4) is 0 Å². The van der Waals surface area contributed by atoms with E-state index in [1.54, 1.807) is 6.20 Å². The van der Waals surface area contributed by atoms with E-state index in [2.05, 4.69) is 20.9 Å². The first-order valence-corrected chi connectivity index (χ1v) is 6.05. The Bertz CT molecular complexity index is 357. The lowest BCUT2D eigenvalue weighted by atomic mass is 9.85. The van der Waals surface area contributed by atoms with Crippen molar-refractivity contribution in [2.45, 2.75) is 19.3 Å². The summed E-state index contributed by atoms with van der Waals surface area (Å²) in [7, 11) is 1.87. The molecule has 1 heterocycles. The number of amides is 1. The average molecular weight is 271 g/mol. The Morgan fingerprint density at radius 3 is 2.87 bits per heavy atom. The minimum atomic E-state index is 0.0765. The smallest absolute Gasteiger partial charge is 0.270 e. The molecule has 0 bridgehead atoms. The van der Waals surface area contributed by atoms with Crippen LogP contribution in [0.2, 0.25) is 0 Å². The van der Waals surface area contributed by atoms with Crippen LogP contribution in [0.5, 0.6) is 0 Å². The molecule has 1 aliphatic rings. The lowest BCUT2D eigenvalue weighted by Gasteiger charge is -2.29. The highest BCUT2D eigenvalue weighted by molar-refractivity contribution is 9.10. The summed E-state index contributed by atoms with van der Waals surface area (Å²) in [5.74, 6) is 0.796. The highest BCUT2D eigenvalue weighted by atomic mass is 79.9. The van der Waals surface area contributed by atoms with Gasteiger partial charge in [0.2, 0.25) is 0 Å². The van der Waals surface area contributed by atoms with Crippen molar-refractivity contribution in [2.24, 2.45) is 5.92 Å². The number of aromatic amines is 1. The molecule has 1 fully saturated rings. The van der Waals surface area contributed by atoms with Crippen LogP contribution in [0.4, 0.5) is 0 Å². The Morgan fingerprint density at radius 2 is 2.40 bits per heavy atom. The van der Waals surface area contributed by atoms with Gasteiger partial charge in [0, 0.05) is 24.3 Å². The van der Waals surface area contributed by atoms with Gasteiger partial charge in [-0.3, -0.25) is 4.79 Å². The maximum Gasteiger partial charge on any atom is 0.270 e. The summed E-state index contributed by atoms with van der Waals surface area (Å²) < 4.78 is 0.919. The molecule has 1 amide bonds. The Morgan fingerprint density at radius 1 is 1.67 bits per heavy atom. The van der Waals surface area contributed by atoms with Crippen molar-refractivity contribution in [3.05, 3.63) is 22.4 Å². The van der Waals surface area contributed by atoms with Crippen LogP contribution in [-0.4, -0.2) is 29.4 Å². The standard InChI is InChI=1S/C11H15BrN2O/c1-14(7-8-3-2-4-8)11(15)10-5-9(12)6-13-10/h5-6,8,13H,2-4,7H2,1H3. The number of nitrogens with zero attached hydrogens (tertiary/aromatic N) is 1. The van der Waals surface area contributed by atoms with Gasteiger partial charge in [-0.25, -0.2) is 0 Å². The molecule has 1 aromatic rings. The van der Waals surface area contributed by atoms with Gasteiger partial charge in [0.1, 0.15) is 5.69 Å². The van der Waals surface area contributed by atoms with E-state index in [0.29, 0.717) is 5.69 Å². The maximum absolute atomic E-state index is 11.9. The van der Waals surface area contributed by atoms with E-state index in [1.165, 1.54) is 19.3 Å². The van der Waals surface area contributed by atoms with E-state index < -0.39 is 0 Å². The number of hydrogen-bond acceptors (Lipinski definition) is 1. The molecule has 1 N–H and O–H groups in total. The molecule has 0 unspecified atom stereocenters. The SMILES string of the molecule is CN(CC1CCC1)C(=O)c1cc(Br)c[nH]1. The third-order valence-electron chi connectivity index (χ3n) is 2.98. The normalized spacial score (nSPS) is 16.1. The molecule has 0 radical (unpaired) electrons. The fourth-order valence-corrected chi connectivity index (χ4v) is 2.19. The average Bonchev–Trinajstić information content (AvgIpc) is 2.56. The largest absolute Gasteiger partial charge is 0.356 e. The van der Waals surface area contributed by atoms with E-state index in [9.17, 15) is 4.79 Å². The molecule has 1 aromatic heterocycles. The lowest BCUT2D eigenvalue weighted by Crippen LogP contribution is -2.34. The van der Waals surface area contributed by atoms with Gasteiger partial charge in [0.05, 0.1) is 0 Å². The van der Waals surface area contributed by atoms with E-state index in [0.717, 1.165) is 16.9 Å². The van der Waals surface area contributed by atoms with Gasteiger partial charge >= 0.3 is 0 Å². The maximum atomic E-state index is 11.9. The summed E-state index contributed by atoms with van der Waals surface area (Å²) in [6.07, 6.45) is 5.64. The minimum absolute atomic E-state index is 0.0765. The predicted octanol–water partition coefficient (Wildman–Crippen LogP) is 2.65. The Balaban J connectivity index is 1.94. The predicted molar refractivity (Wildman–Crippen MR) is 62.8 cm³/mol. The summed E-state index contributed by atoms with van der Waals surface area (Å²) in [5.41, 5.74) is 0.656. The molecule has 0 saturated heterocycles. The summed E-state index contributed by atoms with van der Waals surface area (Å²) in [4.78, 5) is 16.7. The molecular weight excluding hydrogens is 256 g/mol. The van der Waals surface area contributed by atoms with Crippen molar-refractivity contribution in [1.82, 2.24) is 9.88 Å². The molecule has 0 atom stereocenters. The monoisotopic (exact) mass is 270 g/mol. The van der Waals surface area contributed by atoms with E-state index in [1.807, 2.05) is 18.0 Å². The van der Waals surface area contributed by atoms with Gasteiger partial charge in [0.25, 0.3) is 5.91 Å². The zero-order valence-electron chi connectivity index (χ0n) is 8.79. The fourth-order valence-electron chi connectivity index (χ4n) is 1.84. The van der Waals surface area contributed by atoms with E-state index in [4.69, 9.17) is 0 Å². The number of halogens is 1. The van der Waals surface area contributed by atoms with Crippen LogP contribution < -0.4 is 0 Å². The van der Waals surface area contributed by atoms with Gasteiger partial charge < -0.3 is 9.88 Å². The lowest BCUT2D eigenvalue weighted by molar-refractivity contribution is 0.0740. The van der Waals surface area contributed by atoms with Crippen LogP contribution >= 0.6 is 15.9 Å². The quantitative estimate of drug-likeness (QED) is 0.901. The molecule has 0 spiro atoms. The van der Waals surface area contributed by atoms with Crippen molar-refractivity contribution >= 4 is 21.8 Å². The van der Waals surface area contributed by atoms with Gasteiger partial charge in [-0.1, -0.05) is 6.42 Å². The summed E-state index contributed by atoms with van der Waals surface area (Å²) in [6.45, 7) is 0.884. The van der Waals surface area contributed by atoms with Crippen molar-refractivity contribution in [2.75, 3.05) is 13.6 Å². The van der Waals surface area contributed by atoms with Gasteiger partial charge in [-0.15, -0.1) is 0 Å². The number of carbonyl (C=O) groups excluding carboxylic acids is 1. The molecule has 82 valence electrons. The Labute approximate surface area is 98.0 Å². The molecule has 1 aliphatic carbocycles. The van der Waals surface area contributed by atoms with Gasteiger partial charge in [-0.05, 0) is 40.8 Å². The van der Waals surface area contributed by atoms with Crippen LogP contribution in [-0.2, 0) is 0 Å². The molecule has 0 aromatic carbocycles. The Hall–Kier alpha value is -0.770. The van der Waals surface area contributed by atoms with Crippen LogP contribution in [0.25, 0.3) is 0 Å². The second-order valence-electron chi connectivity index (χ2n) is 4.21. The van der Waals surface area contributed by atoms with Crippen molar-refractivity contribution < 1.29 is 4.79 Å². The number of nitrogens with one attached hydrogen (secondary N) is 1. The summed E-state index contributed by atoms with van der Waals surface area (Å²) in [5, 5.41) is 0. The summed E-state index contributed by atoms with van der Waals surface area (Å²) >= 11 is 3.32. The first-order valence-electron chi connectivity index (χ1n) is 5.26. The number of rotatable bonds is 3. The van der Waals surface area contributed by atoms with Crippen LogP contribution in [0.1, 0.15) is 29.8 Å². The second kappa shape index (κ2) is 4.39. The molecule has 3 nitrogen and oxygen atoms in total. The highest BCUT2D eigenvalue weighted by Crippen LogP contribution is 2.27. The third kappa shape index (κ3) is 2.43. The molecule has 4 heteroatoms. The Kier molecular flexibility index (Phi) is 3.14. The number of carbonyl (C=O) groups is 1. The van der Waals surface area contributed by atoms with E-state index >= 15 is 0 Å². The number of aromatic nitrogens is 1. The zero-order valence-corrected chi connectivity index (χ0v) is 10.4. The fraction of sp³-hybridized carbons (Fsp3) is 0.545. The minimum Gasteiger partial charge on any atom is -0.356 e. The molecule has 1 saturated carbocycles. The first-order chi connectivity index (χ1) is 7.16. The van der Waals surface area contributed by atoms with E-state index in [-0.39, 0.29) is 5.91 Å². The highest BCUT2D eigenvalue weighted by Gasteiger charge is 2.22. The molecule has 15 heavy (non-hydrogen) atoms. The first kappa shape index (κ1) is 10.7. The second-order valence-corrected chi connectivity index (χ2v) is 5.13. The zero-order chi connectivity index (χ0) is 10.8. The summed E-state index contributed by atoms with van der Waals surface area (Å²) in [6, 6.07) is 1.82. The van der Waals surface area contributed by atoms with Crippen molar-refractivity contribution in [1.29, 1.82) is 0 Å². The molecular formula is C11H15BrN2O. The van der Waals surface area contributed by atoms with Gasteiger partial charge in [-0.2, -0.15) is 0 Å². The van der Waals surface area contributed by atoms with Crippen LogP contribution in [0.15, 0.2) is 16.7 Å². The van der Waals surface area contributed by atoms with Crippen molar-refractivity contribution in [3.63, 3.8) is 0 Å².